The second kappa shape index (κ2) is 7.98. The van der Waals surface area contributed by atoms with Crippen LogP contribution in [0.4, 0.5) is 13.2 Å². The highest BCUT2D eigenvalue weighted by Crippen LogP contribution is 2.32. The van der Waals surface area contributed by atoms with E-state index in [1.165, 1.54) is 6.07 Å². The van der Waals surface area contributed by atoms with Crippen molar-refractivity contribution in [1.82, 2.24) is 9.38 Å². The van der Waals surface area contributed by atoms with E-state index in [-0.39, 0.29) is 9.92 Å². The Morgan fingerprint density at radius 1 is 1.21 bits per heavy atom. The van der Waals surface area contributed by atoms with Crippen molar-refractivity contribution >= 4 is 44.5 Å². The van der Waals surface area contributed by atoms with Gasteiger partial charge in [0.1, 0.15) is 0 Å². The van der Waals surface area contributed by atoms with Crippen molar-refractivity contribution in [2.75, 3.05) is 6.26 Å². The third-order valence-corrected chi connectivity index (χ3v) is 5.16. The highest BCUT2D eigenvalue weighted by molar-refractivity contribution is 7.90. The number of fused-ring (bicyclic) bond motifs is 1. The number of halogens is 5. The molecular weight excluding hydrogens is 444 g/mol. The number of sulfone groups is 1. The van der Waals surface area contributed by atoms with Crippen LogP contribution in [-0.4, -0.2) is 41.3 Å². The molecule has 0 amide bonds. The number of imidazole rings is 1. The standard InChI is InChI=1S/C14H10Cl2N2O2S.C2HF3O2/c1-21(19,20)14-3-2-9(4-12(14)16)11-5-10(15)7-18-8-17-6-13(11)18;3-2(4,5)1(6)7/h2-8H,1H3;(H,6,7). The van der Waals surface area contributed by atoms with Crippen molar-refractivity contribution in [3.05, 3.63) is 53.0 Å². The minimum absolute atomic E-state index is 0.111. The molecule has 0 bridgehead atoms. The molecule has 0 saturated carbocycles. The number of benzene rings is 1. The molecule has 6 nitrogen and oxygen atoms in total. The first-order valence-corrected chi connectivity index (χ1v) is 9.86. The Labute approximate surface area is 167 Å². The largest absolute Gasteiger partial charge is 0.490 e. The highest BCUT2D eigenvalue weighted by atomic mass is 35.5. The lowest BCUT2D eigenvalue weighted by Gasteiger charge is -2.08. The van der Waals surface area contributed by atoms with E-state index >= 15 is 0 Å². The maximum Gasteiger partial charge on any atom is 0.490 e. The van der Waals surface area contributed by atoms with E-state index in [1.54, 1.807) is 41.3 Å². The van der Waals surface area contributed by atoms with E-state index in [4.69, 9.17) is 33.1 Å². The van der Waals surface area contributed by atoms with Gasteiger partial charge in [-0.2, -0.15) is 13.2 Å². The van der Waals surface area contributed by atoms with Crippen molar-refractivity contribution in [2.24, 2.45) is 0 Å². The molecule has 0 aliphatic heterocycles. The lowest BCUT2D eigenvalue weighted by atomic mass is 10.1. The van der Waals surface area contributed by atoms with Gasteiger partial charge in [-0.05, 0) is 23.8 Å². The second-order valence-corrected chi connectivity index (χ2v) is 8.31. The van der Waals surface area contributed by atoms with Crippen molar-refractivity contribution in [2.45, 2.75) is 11.1 Å². The molecule has 0 saturated heterocycles. The summed E-state index contributed by atoms with van der Waals surface area (Å²) in [6, 6.07) is 6.63. The quantitative estimate of drug-likeness (QED) is 0.621. The number of aromatic nitrogens is 2. The lowest BCUT2D eigenvalue weighted by Crippen LogP contribution is -2.21. The minimum Gasteiger partial charge on any atom is -0.475 e. The molecule has 0 aliphatic rings. The van der Waals surface area contributed by atoms with Gasteiger partial charge in [-0.15, -0.1) is 0 Å². The Balaban J connectivity index is 0.000000345. The Hall–Kier alpha value is -2.30. The minimum atomic E-state index is -5.08. The number of hydrogen-bond donors (Lipinski definition) is 1. The number of aliphatic carboxylic acids is 1. The maximum absolute atomic E-state index is 11.6. The summed E-state index contributed by atoms with van der Waals surface area (Å²) in [5.41, 5.74) is 2.48. The molecule has 1 aromatic carbocycles. The number of pyridine rings is 1. The monoisotopic (exact) mass is 454 g/mol. The van der Waals surface area contributed by atoms with Gasteiger partial charge in [0.25, 0.3) is 0 Å². The van der Waals surface area contributed by atoms with Gasteiger partial charge in [-0.3, -0.25) is 0 Å². The van der Waals surface area contributed by atoms with E-state index in [0.717, 1.165) is 22.9 Å². The second-order valence-electron chi connectivity index (χ2n) is 5.48. The molecule has 12 heteroatoms. The molecule has 28 heavy (non-hydrogen) atoms. The highest BCUT2D eigenvalue weighted by Gasteiger charge is 2.38. The van der Waals surface area contributed by atoms with Crippen molar-refractivity contribution < 1.29 is 31.5 Å². The van der Waals surface area contributed by atoms with E-state index in [1.807, 2.05) is 0 Å². The number of carboxylic acids is 1. The third-order valence-electron chi connectivity index (χ3n) is 3.37. The molecule has 0 aliphatic carbocycles. The average molecular weight is 455 g/mol. The zero-order valence-corrected chi connectivity index (χ0v) is 16.2. The Morgan fingerprint density at radius 2 is 1.82 bits per heavy atom. The summed E-state index contributed by atoms with van der Waals surface area (Å²) in [7, 11) is -3.35. The van der Waals surface area contributed by atoms with E-state index in [9.17, 15) is 21.6 Å². The van der Waals surface area contributed by atoms with Crippen molar-refractivity contribution in [3.63, 3.8) is 0 Å². The van der Waals surface area contributed by atoms with E-state index in [0.29, 0.717) is 5.02 Å². The first kappa shape index (κ1) is 22.0. The van der Waals surface area contributed by atoms with Crippen LogP contribution >= 0.6 is 23.2 Å². The molecule has 150 valence electrons. The molecule has 3 rings (SSSR count). The predicted octanol–water partition coefficient (Wildman–Crippen LogP) is 4.34. The Kier molecular flexibility index (Phi) is 6.27. The molecule has 3 aromatic rings. The zero-order valence-electron chi connectivity index (χ0n) is 13.9. The third kappa shape index (κ3) is 5.15. The number of nitrogens with zero attached hydrogens (tertiary/aromatic N) is 2. The molecule has 0 spiro atoms. The summed E-state index contributed by atoms with van der Waals surface area (Å²) in [5.74, 6) is -2.76. The predicted molar refractivity (Wildman–Crippen MR) is 97.4 cm³/mol. The average Bonchev–Trinajstić information content (AvgIpc) is 3.00. The fourth-order valence-electron chi connectivity index (χ4n) is 2.20. The number of carboxylic acid groups (broad SMARTS) is 1. The van der Waals surface area contributed by atoms with Gasteiger partial charge in [-0.25, -0.2) is 18.2 Å². The lowest BCUT2D eigenvalue weighted by molar-refractivity contribution is -0.192. The van der Waals surface area contributed by atoms with Gasteiger partial charge in [-0.1, -0.05) is 29.3 Å². The maximum atomic E-state index is 11.6. The van der Waals surface area contributed by atoms with E-state index < -0.39 is 22.0 Å². The van der Waals surface area contributed by atoms with Gasteiger partial charge in [0.2, 0.25) is 0 Å². The Morgan fingerprint density at radius 3 is 2.32 bits per heavy atom. The topological polar surface area (TPSA) is 88.7 Å². The molecule has 2 aromatic heterocycles. The van der Waals surface area contributed by atoms with Crippen LogP contribution in [0.25, 0.3) is 16.6 Å². The van der Waals surface area contributed by atoms with E-state index in [2.05, 4.69) is 4.98 Å². The van der Waals surface area contributed by atoms with Crippen LogP contribution in [-0.2, 0) is 14.6 Å². The summed E-state index contributed by atoms with van der Waals surface area (Å²) >= 11 is 12.2. The number of rotatable bonds is 2. The van der Waals surface area contributed by atoms with Crippen LogP contribution in [0.3, 0.4) is 0 Å². The summed E-state index contributed by atoms with van der Waals surface area (Å²) in [4.78, 5) is 13.1. The normalized spacial score (nSPS) is 11.8. The first-order valence-electron chi connectivity index (χ1n) is 7.22. The number of alkyl halides is 3. The van der Waals surface area contributed by atoms with Crippen LogP contribution in [0.5, 0.6) is 0 Å². The van der Waals surface area contributed by atoms with Crippen LogP contribution in [0, 0.1) is 0 Å². The smallest absolute Gasteiger partial charge is 0.475 e. The van der Waals surface area contributed by atoms with Gasteiger partial charge < -0.3 is 9.51 Å². The summed E-state index contributed by atoms with van der Waals surface area (Å²) in [6.45, 7) is 0. The molecule has 0 radical (unpaired) electrons. The molecule has 0 unspecified atom stereocenters. The zero-order chi connectivity index (χ0) is 21.3. The molecule has 1 N–H and O–H groups in total. The summed E-state index contributed by atoms with van der Waals surface area (Å²) in [6.07, 6.45) is 1.16. The summed E-state index contributed by atoms with van der Waals surface area (Å²) in [5, 5.41) is 7.87. The van der Waals surface area contributed by atoms with Gasteiger partial charge in [0.05, 0.1) is 33.0 Å². The number of hydrogen-bond acceptors (Lipinski definition) is 4. The van der Waals surface area contributed by atoms with Crippen molar-refractivity contribution in [1.29, 1.82) is 0 Å². The van der Waals surface area contributed by atoms with Crippen molar-refractivity contribution in [3.8, 4) is 11.1 Å². The molecule has 0 fully saturated rings. The molecule has 0 atom stereocenters. The van der Waals surface area contributed by atoms with Crippen LogP contribution in [0.1, 0.15) is 0 Å². The Bertz CT molecular complexity index is 1140. The molecular formula is C16H11Cl2F3N2O4S. The van der Waals surface area contributed by atoms with Crippen LogP contribution in [0.15, 0.2) is 47.9 Å². The van der Waals surface area contributed by atoms with Crippen LogP contribution in [0.2, 0.25) is 10.0 Å². The van der Waals surface area contributed by atoms with Gasteiger partial charge in [0, 0.05) is 18.0 Å². The van der Waals surface area contributed by atoms with Gasteiger partial charge in [0.15, 0.2) is 9.84 Å². The van der Waals surface area contributed by atoms with Gasteiger partial charge >= 0.3 is 12.1 Å². The SMILES string of the molecule is CS(=O)(=O)c1ccc(-c2cc(Cl)cn3cncc23)cc1Cl.O=C(O)C(F)(F)F. The number of carbonyl (C=O) groups is 1. The fraction of sp³-hybridized carbons (Fsp3) is 0.125. The van der Waals surface area contributed by atoms with Crippen LogP contribution < -0.4 is 0 Å². The first-order chi connectivity index (χ1) is 12.8. The summed E-state index contributed by atoms with van der Waals surface area (Å²) < 4.78 is 56.8. The fourth-order valence-corrected chi connectivity index (χ4v) is 3.74. The molecule has 2 heterocycles.